The zero-order valence-corrected chi connectivity index (χ0v) is 17.4. The lowest BCUT2D eigenvalue weighted by molar-refractivity contribution is -0.131. The summed E-state index contributed by atoms with van der Waals surface area (Å²) < 4.78 is 1.25. The third-order valence-corrected chi connectivity index (χ3v) is 6.01. The molecule has 2 aliphatic rings. The van der Waals surface area contributed by atoms with Gasteiger partial charge in [0.05, 0.1) is 6.54 Å². The Hall–Kier alpha value is -2.96. The first kappa shape index (κ1) is 20.3. The van der Waals surface area contributed by atoms with Crippen molar-refractivity contribution in [3.8, 4) is 0 Å². The fourth-order valence-corrected chi connectivity index (χ4v) is 4.40. The average Bonchev–Trinajstić information content (AvgIpc) is 2.91. The van der Waals surface area contributed by atoms with Gasteiger partial charge in [-0.2, -0.15) is 5.10 Å². The van der Waals surface area contributed by atoms with E-state index in [-0.39, 0.29) is 42.1 Å². The van der Waals surface area contributed by atoms with Gasteiger partial charge in [-0.05, 0) is 43.9 Å². The van der Waals surface area contributed by atoms with Gasteiger partial charge in [0.1, 0.15) is 5.69 Å². The molecule has 2 amide bonds. The highest BCUT2D eigenvalue weighted by Crippen LogP contribution is 2.32. The van der Waals surface area contributed by atoms with Gasteiger partial charge in [0, 0.05) is 37.3 Å². The Labute approximate surface area is 176 Å². The number of nitrogens with zero attached hydrogens (tertiary/aromatic N) is 4. The monoisotopic (exact) mass is 408 g/mol. The van der Waals surface area contributed by atoms with Crippen LogP contribution < -0.4 is 10.5 Å². The van der Waals surface area contributed by atoms with Crippen LogP contribution in [0.5, 0.6) is 0 Å². The predicted molar refractivity (Wildman–Crippen MR) is 115 cm³/mol. The maximum Gasteiger partial charge on any atom is 0.278 e. The maximum atomic E-state index is 13.2. The van der Waals surface area contributed by atoms with Gasteiger partial charge in [-0.15, -0.1) is 0 Å². The van der Waals surface area contributed by atoms with Gasteiger partial charge in [0.25, 0.3) is 11.5 Å². The van der Waals surface area contributed by atoms with Crippen LogP contribution >= 0.6 is 0 Å². The minimum absolute atomic E-state index is 0.0293. The smallest absolute Gasteiger partial charge is 0.278 e. The molecule has 7 nitrogen and oxygen atoms in total. The number of aryl methyl sites for hydroxylation is 1. The molecule has 1 atom stereocenters. The van der Waals surface area contributed by atoms with Crippen molar-refractivity contribution in [3.63, 3.8) is 0 Å². The molecule has 2 aliphatic heterocycles. The van der Waals surface area contributed by atoms with E-state index in [9.17, 15) is 14.4 Å². The van der Waals surface area contributed by atoms with Crippen LogP contribution in [0, 0.1) is 0 Å². The number of hydrogen-bond acceptors (Lipinski definition) is 4. The number of para-hydroxylation sites is 1. The fourth-order valence-electron chi connectivity index (χ4n) is 4.40. The van der Waals surface area contributed by atoms with Crippen LogP contribution in [0.2, 0.25) is 0 Å². The molecule has 0 N–H and O–H groups in total. The van der Waals surface area contributed by atoms with E-state index in [2.05, 4.69) is 5.10 Å². The van der Waals surface area contributed by atoms with Crippen LogP contribution in [-0.4, -0.2) is 45.6 Å². The van der Waals surface area contributed by atoms with Crippen LogP contribution in [0.4, 0.5) is 5.69 Å². The van der Waals surface area contributed by atoms with Crippen LogP contribution in [-0.2, 0) is 17.8 Å². The molecule has 0 spiro atoms. The topological polar surface area (TPSA) is 75.5 Å². The molecule has 7 heteroatoms. The van der Waals surface area contributed by atoms with E-state index in [0.717, 1.165) is 56.4 Å². The first-order valence-electron chi connectivity index (χ1n) is 10.8. The van der Waals surface area contributed by atoms with E-state index in [4.69, 9.17) is 0 Å². The zero-order valence-electron chi connectivity index (χ0n) is 17.4. The van der Waals surface area contributed by atoms with Gasteiger partial charge in [-0.3, -0.25) is 14.4 Å². The number of benzene rings is 1. The van der Waals surface area contributed by atoms with Crippen molar-refractivity contribution in [1.82, 2.24) is 14.7 Å². The highest BCUT2D eigenvalue weighted by Gasteiger charge is 2.32. The lowest BCUT2D eigenvalue weighted by atomic mass is 10.1. The molecule has 0 radical (unpaired) electrons. The SMILES string of the molecule is CC1Cc2ccccc2N1C(=O)c1ccc(=O)n(CCC(=O)N2CCCCCC2)n1. The second-order valence-corrected chi connectivity index (χ2v) is 8.18. The molecule has 2 aromatic rings. The second kappa shape index (κ2) is 8.81. The Bertz CT molecular complexity index is 992. The van der Waals surface area contributed by atoms with Gasteiger partial charge >= 0.3 is 0 Å². The summed E-state index contributed by atoms with van der Waals surface area (Å²) in [5.74, 6) is -0.176. The lowest BCUT2D eigenvalue weighted by Gasteiger charge is -2.22. The van der Waals surface area contributed by atoms with Gasteiger partial charge < -0.3 is 9.80 Å². The quantitative estimate of drug-likeness (QED) is 0.779. The molecule has 1 aromatic carbocycles. The standard InChI is InChI=1S/C23H28N4O3/c1-17-16-18-8-4-5-9-20(18)27(17)23(30)19-10-11-22(29)26(24-19)15-12-21(28)25-13-6-2-3-7-14-25/h4-5,8-11,17H,2-3,6-7,12-16H2,1H3. The molecule has 0 aliphatic carbocycles. The number of hydrogen-bond donors (Lipinski definition) is 0. The first-order chi connectivity index (χ1) is 14.5. The molecule has 0 saturated carbocycles. The van der Waals surface area contributed by atoms with Crippen LogP contribution in [0.15, 0.2) is 41.2 Å². The van der Waals surface area contributed by atoms with E-state index in [1.165, 1.54) is 16.8 Å². The number of fused-ring (bicyclic) bond motifs is 1. The molecule has 1 aromatic heterocycles. The Morgan fingerprint density at radius 3 is 2.53 bits per heavy atom. The Morgan fingerprint density at radius 2 is 1.77 bits per heavy atom. The number of rotatable bonds is 4. The molecule has 1 saturated heterocycles. The van der Waals surface area contributed by atoms with Crippen molar-refractivity contribution < 1.29 is 9.59 Å². The lowest BCUT2D eigenvalue weighted by Crippen LogP contribution is -2.38. The van der Waals surface area contributed by atoms with Crippen LogP contribution in [0.25, 0.3) is 0 Å². The summed E-state index contributed by atoms with van der Waals surface area (Å²) in [4.78, 5) is 41.6. The summed E-state index contributed by atoms with van der Waals surface area (Å²) in [5.41, 5.74) is 1.95. The van der Waals surface area contributed by atoms with E-state index in [1.807, 2.05) is 36.1 Å². The second-order valence-electron chi connectivity index (χ2n) is 8.18. The van der Waals surface area contributed by atoms with Crippen molar-refractivity contribution in [3.05, 3.63) is 58.0 Å². The summed E-state index contributed by atoms with van der Waals surface area (Å²) in [5, 5.41) is 4.30. The van der Waals surface area contributed by atoms with Gasteiger partial charge in [0.15, 0.2) is 0 Å². The largest absolute Gasteiger partial charge is 0.343 e. The molecule has 158 valence electrons. The van der Waals surface area contributed by atoms with Crippen molar-refractivity contribution in [2.75, 3.05) is 18.0 Å². The molecule has 1 fully saturated rings. The fraction of sp³-hybridized carbons (Fsp3) is 0.478. The highest BCUT2D eigenvalue weighted by molar-refractivity contribution is 6.06. The molecular formula is C23H28N4O3. The van der Waals surface area contributed by atoms with Crippen molar-refractivity contribution in [2.45, 2.75) is 58.0 Å². The molecule has 0 bridgehead atoms. The third kappa shape index (κ3) is 4.15. The van der Waals surface area contributed by atoms with Gasteiger partial charge in [-0.1, -0.05) is 31.0 Å². The van der Waals surface area contributed by atoms with Crippen molar-refractivity contribution in [1.29, 1.82) is 0 Å². The van der Waals surface area contributed by atoms with E-state index >= 15 is 0 Å². The van der Waals surface area contributed by atoms with E-state index < -0.39 is 0 Å². The zero-order chi connectivity index (χ0) is 21.1. The molecular weight excluding hydrogens is 380 g/mol. The van der Waals surface area contributed by atoms with Crippen LogP contribution in [0.1, 0.15) is 55.1 Å². The summed E-state index contributed by atoms with van der Waals surface area (Å²) in [6, 6.07) is 10.7. The number of amides is 2. The van der Waals surface area contributed by atoms with Crippen LogP contribution in [0.3, 0.4) is 0 Å². The van der Waals surface area contributed by atoms with Crippen molar-refractivity contribution >= 4 is 17.5 Å². The number of aromatic nitrogens is 2. The first-order valence-corrected chi connectivity index (χ1v) is 10.8. The number of anilines is 1. The predicted octanol–water partition coefficient (Wildman–Crippen LogP) is 2.63. The molecule has 1 unspecified atom stereocenters. The summed E-state index contributed by atoms with van der Waals surface area (Å²) in [7, 11) is 0. The maximum absolute atomic E-state index is 13.2. The van der Waals surface area contributed by atoms with E-state index in [1.54, 1.807) is 4.90 Å². The molecule has 30 heavy (non-hydrogen) atoms. The Kier molecular flexibility index (Phi) is 5.97. The van der Waals surface area contributed by atoms with Gasteiger partial charge in [0.2, 0.25) is 5.91 Å². The Morgan fingerprint density at radius 1 is 1.03 bits per heavy atom. The Balaban J connectivity index is 1.49. The number of carbonyl (C=O) groups excluding carboxylic acids is 2. The minimum Gasteiger partial charge on any atom is -0.343 e. The molecule has 3 heterocycles. The highest BCUT2D eigenvalue weighted by atomic mass is 16.2. The molecule has 4 rings (SSSR count). The minimum atomic E-state index is -0.301. The average molecular weight is 409 g/mol. The number of likely N-dealkylation sites (tertiary alicyclic amines) is 1. The third-order valence-electron chi connectivity index (χ3n) is 6.01. The normalized spacial score (nSPS) is 18.8. The summed E-state index contributed by atoms with van der Waals surface area (Å²) in [6.45, 7) is 3.76. The number of carbonyl (C=O) groups is 2. The van der Waals surface area contributed by atoms with Crippen molar-refractivity contribution in [2.24, 2.45) is 0 Å². The van der Waals surface area contributed by atoms with E-state index in [0.29, 0.717) is 0 Å². The summed E-state index contributed by atoms with van der Waals surface area (Å²) >= 11 is 0. The van der Waals surface area contributed by atoms with Gasteiger partial charge in [-0.25, -0.2) is 4.68 Å². The summed E-state index contributed by atoms with van der Waals surface area (Å²) in [6.07, 6.45) is 5.40.